The molecule has 1 saturated heterocycles. The van der Waals surface area contributed by atoms with Crippen LogP contribution in [0, 0.1) is 12.3 Å². The molecule has 100 valence electrons. The minimum absolute atomic E-state index is 0.107. The molecule has 1 aliphatic rings. The van der Waals surface area contributed by atoms with Gasteiger partial charge in [0.25, 0.3) is 0 Å². The predicted molar refractivity (Wildman–Crippen MR) is 66.0 cm³/mol. The van der Waals surface area contributed by atoms with Crippen LogP contribution < -0.4 is 0 Å². The van der Waals surface area contributed by atoms with Gasteiger partial charge in [0.15, 0.2) is 0 Å². The third-order valence-electron chi connectivity index (χ3n) is 2.44. The Balaban J connectivity index is 2.67. The fourth-order valence-corrected chi connectivity index (χ4v) is 1.66. The van der Waals surface area contributed by atoms with E-state index in [4.69, 9.17) is 15.9 Å². The number of hydrogen-bond donors (Lipinski definition) is 0. The predicted octanol–water partition coefficient (Wildman–Crippen LogP) is 1.21. The van der Waals surface area contributed by atoms with Crippen LogP contribution in [0.4, 0.5) is 4.79 Å². The summed E-state index contributed by atoms with van der Waals surface area (Å²) in [5, 5.41) is 0. The first-order chi connectivity index (χ1) is 8.33. The summed E-state index contributed by atoms with van der Waals surface area (Å²) >= 11 is 0. The summed E-state index contributed by atoms with van der Waals surface area (Å²) in [6.45, 7) is 6.57. The second-order valence-electron chi connectivity index (χ2n) is 5.17. The minimum Gasteiger partial charge on any atom is -0.444 e. The van der Waals surface area contributed by atoms with E-state index < -0.39 is 11.7 Å². The van der Waals surface area contributed by atoms with Crippen molar-refractivity contribution in [2.24, 2.45) is 0 Å². The highest BCUT2D eigenvalue weighted by molar-refractivity contribution is 5.95. The van der Waals surface area contributed by atoms with E-state index in [1.165, 1.54) is 4.90 Å². The molecule has 0 N–H and O–H groups in total. The molecule has 0 bridgehead atoms. The molecule has 1 unspecified atom stereocenters. The normalized spacial score (nSPS) is 20.1. The standard InChI is InChI=1S/C13H19NO4/c1-5-11(15)8-10-9-17-7-6-14(10)12(16)18-13(2,3)4/h1,10H,6-9H2,2-4H3. The highest BCUT2D eigenvalue weighted by Crippen LogP contribution is 2.16. The smallest absolute Gasteiger partial charge is 0.410 e. The van der Waals surface area contributed by atoms with Gasteiger partial charge in [-0.05, 0) is 26.7 Å². The lowest BCUT2D eigenvalue weighted by atomic mass is 10.1. The minimum atomic E-state index is -0.559. The van der Waals surface area contributed by atoms with Crippen molar-refractivity contribution in [3.63, 3.8) is 0 Å². The monoisotopic (exact) mass is 253 g/mol. The Kier molecular flexibility index (Phi) is 4.74. The van der Waals surface area contributed by atoms with Gasteiger partial charge in [-0.1, -0.05) is 0 Å². The molecule has 0 aromatic carbocycles. The zero-order valence-electron chi connectivity index (χ0n) is 11.1. The fraction of sp³-hybridized carbons (Fsp3) is 0.692. The molecular formula is C13H19NO4. The Bertz CT molecular complexity index is 364. The molecule has 1 heterocycles. The molecule has 0 aromatic heterocycles. The summed E-state index contributed by atoms with van der Waals surface area (Å²) in [5.41, 5.74) is -0.559. The van der Waals surface area contributed by atoms with Crippen molar-refractivity contribution in [1.82, 2.24) is 4.90 Å². The van der Waals surface area contributed by atoms with Crippen LogP contribution in [-0.2, 0) is 14.3 Å². The van der Waals surface area contributed by atoms with Crippen molar-refractivity contribution >= 4 is 11.9 Å². The van der Waals surface area contributed by atoms with Crippen LogP contribution in [0.2, 0.25) is 0 Å². The lowest BCUT2D eigenvalue weighted by Crippen LogP contribution is -2.51. The number of nitrogens with zero attached hydrogens (tertiary/aromatic N) is 1. The Labute approximate surface area is 107 Å². The van der Waals surface area contributed by atoms with E-state index >= 15 is 0 Å². The third kappa shape index (κ3) is 4.38. The number of Topliss-reactive ketones (excluding diaryl/α,β-unsaturated/α-hetero) is 1. The SMILES string of the molecule is C#CC(=O)CC1COCCN1C(=O)OC(C)(C)C. The average molecular weight is 253 g/mol. The lowest BCUT2D eigenvalue weighted by Gasteiger charge is -2.36. The number of rotatable bonds is 2. The Morgan fingerprint density at radius 1 is 1.50 bits per heavy atom. The van der Waals surface area contributed by atoms with Crippen molar-refractivity contribution in [3.05, 3.63) is 0 Å². The molecule has 0 aliphatic carbocycles. The molecule has 1 rings (SSSR count). The van der Waals surface area contributed by atoms with Crippen LogP contribution in [0.3, 0.4) is 0 Å². The van der Waals surface area contributed by atoms with E-state index in [1.54, 1.807) is 20.8 Å². The number of ketones is 1. The van der Waals surface area contributed by atoms with Crippen molar-refractivity contribution < 1.29 is 19.1 Å². The highest BCUT2D eigenvalue weighted by atomic mass is 16.6. The quantitative estimate of drug-likeness (QED) is 0.548. The topological polar surface area (TPSA) is 55.8 Å². The van der Waals surface area contributed by atoms with Crippen molar-refractivity contribution in [2.45, 2.75) is 38.8 Å². The zero-order valence-corrected chi connectivity index (χ0v) is 11.1. The molecule has 18 heavy (non-hydrogen) atoms. The van der Waals surface area contributed by atoms with Crippen LogP contribution >= 0.6 is 0 Å². The van der Waals surface area contributed by atoms with Crippen LogP contribution in [-0.4, -0.2) is 48.2 Å². The molecule has 0 spiro atoms. The van der Waals surface area contributed by atoms with Crippen LogP contribution in [0.25, 0.3) is 0 Å². The molecule has 1 aliphatic heterocycles. The zero-order chi connectivity index (χ0) is 13.8. The summed E-state index contributed by atoms with van der Waals surface area (Å²) in [6.07, 6.45) is 4.71. The molecule has 1 fully saturated rings. The molecule has 0 radical (unpaired) electrons. The van der Waals surface area contributed by atoms with E-state index in [2.05, 4.69) is 0 Å². The second kappa shape index (κ2) is 5.87. The Morgan fingerprint density at radius 2 is 2.17 bits per heavy atom. The fourth-order valence-electron chi connectivity index (χ4n) is 1.66. The number of carbonyl (C=O) groups excluding carboxylic acids is 2. The maximum absolute atomic E-state index is 12.0. The van der Waals surface area contributed by atoms with Gasteiger partial charge >= 0.3 is 6.09 Å². The molecule has 1 amide bonds. The van der Waals surface area contributed by atoms with Gasteiger partial charge in [-0.15, -0.1) is 6.42 Å². The molecule has 5 nitrogen and oxygen atoms in total. The summed E-state index contributed by atoms with van der Waals surface area (Å²) < 4.78 is 10.6. The average Bonchev–Trinajstić information content (AvgIpc) is 2.27. The van der Waals surface area contributed by atoms with Gasteiger partial charge in [0.1, 0.15) is 5.60 Å². The maximum atomic E-state index is 12.0. The largest absolute Gasteiger partial charge is 0.444 e. The van der Waals surface area contributed by atoms with Gasteiger partial charge < -0.3 is 14.4 Å². The molecule has 5 heteroatoms. The molecule has 1 atom stereocenters. The first kappa shape index (κ1) is 14.5. The number of carbonyl (C=O) groups is 2. The first-order valence-electron chi connectivity index (χ1n) is 5.90. The van der Waals surface area contributed by atoms with E-state index in [9.17, 15) is 9.59 Å². The van der Waals surface area contributed by atoms with Gasteiger partial charge in [0.05, 0.1) is 19.3 Å². The van der Waals surface area contributed by atoms with Crippen molar-refractivity contribution in [1.29, 1.82) is 0 Å². The summed E-state index contributed by atoms with van der Waals surface area (Å²) in [6, 6.07) is -0.336. The van der Waals surface area contributed by atoms with E-state index in [0.29, 0.717) is 19.8 Å². The Hall–Kier alpha value is -1.54. The van der Waals surface area contributed by atoms with Crippen LogP contribution in [0.5, 0.6) is 0 Å². The van der Waals surface area contributed by atoms with Crippen molar-refractivity contribution in [3.8, 4) is 12.3 Å². The van der Waals surface area contributed by atoms with E-state index in [-0.39, 0.29) is 18.2 Å². The van der Waals surface area contributed by atoms with Crippen LogP contribution in [0.15, 0.2) is 0 Å². The summed E-state index contributed by atoms with van der Waals surface area (Å²) in [7, 11) is 0. The van der Waals surface area contributed by atoms with Gasteiger partial charge in [-0.25, -0.2) is 4.79 Å². The summed E-state index contributed by atoms with van der Waals surface area (Å²) in [5.74, 6) is 1.71. The van der Waals surface area contributed by atoms with Gasteiger partial charge in [-0.2, -0.15) is 0 Å². The Morgan fingerprint density at radius 3 is 2.72 bits per heavy atom. The van der Waals surface area contributed by atoms with Gasteiger partial charge in [0.2, 0.25) is 5.78 Å². The maximum Gasteiger partial charge on any atom is 0.410 e. The van der Waals surface area contributed by atoms with E-state index in [1.807, 2.05) is 5.92 Å². The highest BCUT2D eigenvalue weighted by Gasteiger charge is 2.31. The second-order valence-corrected chi connectivity index (χ2v) is 5.17. The third-order valence-corrected chi connectivity index (χ3v) is 2.44. The number of morpholine rings is 1. The summed E-state index contributed by atoms with van der Waals surface area (Å²) in [4.78, 5) is 24.8. The van der Waals surface area contributed by atoms with Gasteiger partial charge in [-0.3, -0.25) is 4.79 Å². The first-order valence-corrected chi connectivity index (χ1v) is 5.90. The lowest BCUT2D eigenvalue weighted by molar-refractivity contribution is -0.116. The number of terminal acetylenes is 1. The van der Waals surface area contributed by atoms with Crippen molar-refractivity contribution in [2.75, 3.05) is 19.8 Å². The van der Waals surface area contributed by atoms with E-state index in [0.717, 1.165) is 0 Å². The molecule has 0 saturated carbocycles. The van der Waals surface area contributed by atoms with Crippen LogP contribution in [0.1, 0.15) is 27.2 Å². The number of hydrogen-bond acceptors (Lipinski definition) is 4. The molecule has 0 aromatic rings. The number of amides is 1. The van der Waals surface area contributed by atoms with Gasteiger partial charge in [0, 0.05) is 13.0 Å². The number of ether oxygens (including phenoxy) is 2. The molecular weight excluding hydrogens is 234 g/mol.